The molecule has 0 bridgehead atoms. The third kappa shape index (κ3) is 2.69. The Bertz CT molecular complexity index is 228. The first kappa shape index (κ1) is 10.9. The normalized spacial score (nSPS) is 32.9. The van der Waals surface area contributed by atoms with Gasteiger partial charge in [0.05, 0.1) is 19.1 Å². The molecule has 0 aromatic carbocycles. The SMILES string of the molecule is NC1CCCCCC1C(=O)OC1COC1. The summed E-state index contributed by atoms with van der Waals surface area (Å²) in [7, 11) is 0. The summed E-state index contributed by atoms with van der Waals surface area (Å²) in [5.74, 6) is -0.203. The van der Waals surface area contributed by atoms with Crippen molar-refractivity contribution in [3.63, 3.8) is 0 Å². The van der Waals surface area contributed by atoms with Crippen molar-refractivity contribution in [2.24, 2.45) is 11.7 Å². The number of hydrogen-bond donors (Lipinski definition) is 1. The highest BCUT2D eigenvalue weighted by molar-refractivity contribution is 5.73. The molecule has 2 unspecified atom stereocenters. The second-order valence-electron chi connectivity index (χ2n) is 4.50. The van der Waals surface area contributed by atoms with Crippen LogP contribution in [0.1, 0.15) is 32.1 Å². The van der Waals surface area contributed by atoms with Crippen molar-refractivity contribution in [3.8, 4) is 0 Å². The largest absolute Gasteiger partial charge is 0.457 e. The van der Waals surface area contributed by atoms with E-state index in [1.54, 1.807) is 0 Å². The molecule has 0 spiro atoms. The van der Waals surface area contributed by atoms with Gasteiger partial charge in [0.2, 0.25) is 0 Å². The van der Waals surface area contributed by atoms with Crippen molar-refractivity contribution in [1.82, 2.24) is 0 Å². The minimum absolute atomic E-state index is 0.0130. The lowest BCUT2D eigenvalue weighted by Crippen LogP contribution is -2.43. The van der Waals surface area contributed by atoms with E-state index in [9.17, 15) is 4.79 Å². The summed E-state index contributed by atoms with van der Waals surface area (Å²) in [4.78, 5) is 11.8. The predicted octanol–water partition coefficient (Wildman–Crippen LogP) is 0.836. The van der Waals surface area contributed by atoms with E-state index in [0.717, 1.165) is 25.7 Å². The van der Waals surface area contributed by atoms with E-state index in [1.807, 2.05) is 0 Å². The van der Waals surface area contributed by atoms with E-state index in [1.165, 1.54) is 6.42 Å². The molecular weight excluding hydrogens is 194 g/mol. The van der Waals surface area contributed by atoms with E-state index >= 15 is 0 Å². The van der Waals surface area contributed by atoms with Crippen LogP contribution in [0.25, 0.3) is 0 Å². The molecule has 2 fully saturated rings. The summed E-state index contributed by atoms with van der Waals surface area (Å²) in [6.07, 6.45) is 5.22. The van der Waals surface area contributed by atoms with Crippen molar-refractivity contribution in [3.05, 3.63) is 0 Å². The average molecular weight is 213 g/mol. The summed E-state index contributed by atoms with van der Waals surface area (Å²) in [5, 5.41) is 0. The van der Waals surface area contributed by atoms with Gasteiger partial charge in [0.25, 0.3) is 0 Å². The van der Waals surface area contributed by atoms with Gasteiger partial charge in [0.1, 0.15) is 6.10 Å². The Labute approximate surface area is 90.1 Å². The lowest BCUT2D eigenvalue weighted by atomic mass is 9.96. The molecule has 0 radical (unpaired) electrons. The van der Waals surface area contributed by atoms with Crippen LogP contribution in [0.2, 0.25) is 0 Å². The fraction of sp³-hybridized carbons (Fsp3) is 0.909. The molecule has 0 amide bonds. The molecule has 4 heteroatoms. The smallest absolute Gasteiger partial charge is 0.310 e. The molecule has 4 nitrogen and oxygen atoms in total. The summed E-state index contributed by atoms with van der Waals surface area (Å²) in [6.45, 7) is 1.10. The van der Waals surface area contributed by atoms with E-state index in [-0.39, 0.29) is 24.0 Å². The topological polar surface area (TPSA) is 61.6 Å². The second kappa shape index (κ2) is 4.94. The quantitative estimate of drug-likeness (QED) is 0.545. The fourth-order valence-corrected chi connectivity index (χ4v) is 2.16. The standard InChI is InChI=1S/C11H19NO3/c12-10-5-3-1-2-4-9(10)11(13)15-8-6-14-7-8/h8-10H,1-7,12H2. The number of esters is 1. The lowest BCUT2D eigenvalue weighted by molar-refractivity contribution is -0.177. The molecule has 2 rings (SSSR count). The number of carbonyl (C=O) groups is 1. The third-order valence-corrected chi connectivity index (χ3v) is 3.26. The fourth-order valence-electron chi connectivity index (χ4n) is 2.16. The van der Waals surface area contributed by atoms with Gasteiger partial charge in [0, 0.05) is 6.04 Å². The minimum Gasteiger partial charge on any atom is -0.457 e. The maximum absolute atomic E-state index is 11.8. The molecule has 2 aliphatic rings. The third-order valence-electron chi connectivity index (χ3n) is 3.26. The molecule has 1 heterocycles. The van der Waals surface area contributed by atoms with Gasteiger partial charge < -0.3 is 15.2 Å². The Balaban J connectivity index is 1.85. The van der Waals surface area contributed by atoms with E-state index in [4.69, 9.17) is 15.2 Å². The van der Waals surface area contributed by atoms with Crippen molar-refractivity contribution >= 4 is 5.97 Å². The zero-order chi connectivity index (χ0) is 10.7. The van der Waals surface area contributed by atoms with Crippen molar-refractivity contribution in [1.29, 1.82) is 0 Å². The molecule has 1 aliphatic carbocycles. The Kier molecular flexibility index (Phi) is 3.59. The Morgan fingerprint density at radius 1 is 1.20 bits per heavy atom. The number of ether oxygens (including phenoxy) is 2. The van der Waals surface area contributed by atoms with Gasteiger partial charge in [-0.05, 0) is 12.8 Å². The van der Waals surface area contributed by atoms with Crippen LogP contribution in [-0.4, -0.2) is 31.3 Å². The van der Waals surface area contributed by atoms with Crippen LogP contribution in [0.3, 0.4) is 0 Å². The van der Waals surface area contributed by atoms with Crippen molar-refractivity contribution in [2.75, 3.05) is 13.2 Å². The molecule has 0 aromatic rings. The number of rotatable bonds is 2. The summed E-state index contributed by atoms with van der Waals surface area (Å²) in [5.41, 5.74) is 5.98. The maximum Gasteiger partial charge on any atom is 0.310 e. The summed E-state index contributed by atoms with van der Waals surface area (Å²) >= 11 is 0. The zero-order valence-electron chi connectivity index (χ0n) is 8.98. The van der Waals surface area contributed by atoms with E-state index in [0.29, 0.717) is 13.2 Å². The van der Waals surface area contributed by atoms with Crippen LogP contribution in [-0.2, 0) is 14.3 Å². The molecule has 15 heavy (non-hydrogen) atoms. The van der Waals surface area contributed by atoms with Crippen molar-refractivity contribution in [2.45, 2.75) is 44.2 Å². The first-order valence-electron chi connectivity index (χ1n) is 5.81. The number of nitrogens with two attached hydrogens (primary N) is 1. The zero-order valence-corrected chi connectivity index (χ0v) is 8.98. The molecule has 2 atom stereocenters. The van der Waals surface area contributed by atoms with Gasteiger partial charge >= 0.3 is 5.97 Å². The van der Waals surface area contributed by atoms with Crippen LogP contribution in [0.4, 0.5) is 0 Å². The van der Waals surface area contributed by atoms with Crippen LogP contribution >= 0.6 is 0 Å². The van der Waals surface area contributed by atoms with Gasteiger partial charge in [-0.25, -0.2) is 0 Å². The predicted molar refractivity (Wildman–Crippen MR) is 55.2 cm³/mol. The Morgan fingerprint density at radius 2 is 1.93 bits per heavy atom. The van der Waals surface area contributed by atoms with E-state index in [2.05, 4.69) is 0 Å². The van der Waals surface area contributed by atoms with Gasteiger partial charge in [0.15, 0.2) is 0 Å². The first-order valence-corrected chi connectivity index (χ1v) is 5.81. The Hall–Kier alpha value is -0.610. The van der Waals surface area contributed by atoms with Crippen LogP contribution < -0.4 is 5.73 Å². The number of hydrogen-bond acceptors (Lipinski definition) is 4. The van der Waals surface area contributed by atoms with Crippen LogP contribution in [0.5, 0.6) is 0 Å². The van der Waals surface area contributed by atoms with Gasteiger partial charge in [-0.3, -0.25) is 4.79 Å². The van der Waals surface area contributed by atoms with E-state index < -0.39 is 0 Å². The summed E-state index contributed by atoms with van der Waals surface area (Å²) in [6, 6.07) is -0.0130. The highest BCUT2D eigenvalue weighted by atomic mass is 16.6. The Morgan fingerprint density at radius 3 is 2.60 bits per heavy atom. The number of carbonyl (C=O) groups excluding carboxylic acids is 1. The van der Waals surface area contributed by atoms with Crippen molar-refractivity contribution < 1.29 is 14.3 Å². The molecule has 1 saturated carbocycles. The molecule has 0 aromatic heterocycles. The summed E-state index contributed by atoms with van der Waals surface area (Å²) < 4.78 is 10.3. The molecule has 1 aliphatic heterocycles. The maximum atomic E-state index is 11.8. The van der Waals surface area contributed by atoms with Gasteiger partial charge in [-0.1, -0.05) is 19.3 Å². The molecule has 86 valence electrons. The monoisotopic (exact) mass is 213 g/mol. The highest BCUT2D eigenvalue weighted by Gasteiger charge is 2.31. The van der Waals surface area contributed by atoms with Crippen LogP contribution in [0.15, 0.2) is 0 Å². The minimum atomic E-state index is -0.113. The molecule has 1 saturated heterocycles. The first-order chi connectivity index (χ1) is 7.27. The average Bonchev–Trinajstić information content (AvgIpc) is 2.36. The van der Waals surface area contributed by atoms with Crippen LogP contribution in [0, 0.1) is 5.92 Å². The molecular formula is C11H19NO3. The molecule has 2 N–H and O–H groups in total. The lowest BCUT2D eigenvalue weighted by Gasteiger charge is -2.28. The highest BCUT2D eigenvalue weighted by Crippen LogP contribution is 2.24. The van der Waals surface area contributed by atoms with Gasteiger partial charge in [-0.15, -0.1) is 0 Å². The second-order valence-corrected chi connectivity index (χ2v) is 4.50. The van der Waals surface area contributed by atoms with Gasteiger partial charge in [-0.2, -0.15) is 0 Å².